The average Bonchev–Trinajstić information content (AvgIpc) is 2.39. The van der Waals surface area contributed by atoms with E-state index in [-0.39, 0.29) is 17.9 Å². The molecule has 1 saturated heterocycles. The highest BCUT2D eigenvalue weighted by atomic mass is 16.5. The Labute approximate surface area is 122 Å². The summed E-state index contributed by atoms with van der Waals surface area (Å²) in [4.78, 5) is 26.8. The molecule has 0 radical (unpaired) electrons. The number of nitrogens with one attached hydrogen (secondary N) is 1. The highest BCUT2D eigenvalue weighted by molar-refractivity contribution is 5.99. The van der Waals surface area contributed by atoms with Crippen LogP contribution in [0, 0.1) is 5.92 Å². The van der Waals surface area contributed by atoms with Gasteiger partial charge in [-0.25, -0.2) is 0 Å². The van der Waals surface area contributed by atoms with Crippen LogP contribution >= 0.6 is 0 Å². The second-order valence-corrected chi connectivity index (χ2v) is 6.12. The number of nitrogens with zero attached hydrogens (tertiary/aromatic N) is 1. The zero-order chi connectivity index (χ0) is 15.3. The molecule has 5 heteroatoms. The molecule has 20 heavy (non-hydrogen) atoms. The molecule has 1 heterocycles. The molecule has 1 N–H and O–H groups in total. The van der Waals surface area contributed by atoms with Crippen molar-refractivity contribution >= 4 is 11.8 Å². The summed E-state index contributed by atoms with van der Waals surface area (Å²) in [6.45, 7) is 9.07. The van der Waals surface area contributed by atoms with Crippen LogP contribution in [0.3, 0.4) is 0 Å². The zero-order valence-electron chi connectivity index (χ0n) is 13.4. The van der Waals surface area contributed by atoms with E-state index in [1.54, 1.807) is 12.0 Å². The molecule has 5 nitrogen and oxygen atoms in total. The monoisotopic (exact) mass is 284 g/mol. The number of hydrogen-bond acceptors (Lipinski definition) is 3. The van der Waals surface area contributed by atoms with Gasteiger partial charge < -0.3 is 15.0 Å². The Kier molecular flexibility index (Phi) is 5.99. The highest BCUT2D eigenvalue weighted by Gasteiger charge is 2.47. The topological polar surface area (TPSA) is 58.6 Å². The number of carbonyl (C=O) groups excluding carboxylic acids is 2. The minimum Gasteiger partial charge on any atom is -0.385 e. The molecule has 2 unspecified atom stereocenters. The van der Waals surface area contributed by atoms with Gasteiger partial charge in [-0.3, -0.25) is 9.59 Å². The van der Waals surface area contributed by atoms with Crippen molar-refractivity contribution in [3.8, 4) is 0 Å². The lowest BCUT2D eigenvalue weighted by Gasteiger charge is -2.46. The van der Waals surface area contributed by atoms with E-state index >= 15 is 0 Å². The van der Waals surface area contributed by atoms with Gasteiger partial charge in [-0.05, 0) is 32.1 Å². The molecule has 0 saturated carbocycles. The molecule has 0 aromatic rings. The molecule has 0 aromatic carbocycles. The number of methoxy groups -OCH3 is 1. The predicted octanol–water partition coefficient (Wildman–Crippen LogP) is 1.56. The molecule has 2 amide bonds. The SMILES string of the molecule is CCC1(C)C(=O)NC(CC(C)C)C(=O)N1CCCOC. The van der Waals surface area contributed by atoms with Crippen LogP contribution in [0.1, 0.15) is 47.0 Å². The second-order valence-electron chi connectivity index (χ2n) is 6.12. The van der Waals surface area contributed by atoms with E-state index in [1.807, 2.05) is 13.8 Å². The second kappa shape index (κ2) is 7.07. The molecule has 2 atom stereocenters. The van der Waals surface area contributed by atoms with Gasteiger partial charge in [0.05, 0.1) is 0 Å². The third kappa shape index (κ3) is 3.51. The number of rotatable bonds is 7. The Balaban J connectivity index is 2.89. The first-order chi connectivity index (χ1) is 9.36. The summed E-state index contributed by atoms with van der Waals surface area (Å²) in [7, 11) is 1.64. The van der Waals surface area contributed by atoms with Gasteiger partial charge >= 0.3 is 0 Å². The summed E-state index contributed by atoms with van der Waals surface area (Å²) in [5.41, 5.74) is -0.738. The van der Waals surface area contributed by atoms with E-state index in [0.717, 1.165) is 6.42 Å². The predicted molar refractivity (Wildman–Crippen MR) is 78.3 cm³/mol. The Morgan fingerprint density at radius 2 is 2.05 bits per heavy atom. The lowest BCUT2D eigenvalue weighted by molar-refractivity contribution is -0.157. The number of ether oxygens (including phenoxy) is 1. The molecule has 0 bridgehead atoms. The van der Waals surface area contributed by atoms with E-state index in [2.05, 4.69) is 19.2 Å². The fourth-order valence-corrected chi connectivity index (χ4v) is 2.64. The number of carbonyl (C=O) groups is 2. The van der Waals surface area contributed by atoms with Crippen molar-refractivity contribution in [2.45, 2.75) is 58.5 Å². The first-order valence-corrected chi connectivity index (χ1v) is 7.48. The van der Waals surface area contributed by atoms with Crippen molar-refractivity contribution in [1.29, 1.82) is 0 Å². The molecular weight excluding hydrogens is 256 g/mol. The third-order valence-corrected chi connectivity index (χ3v) is 4.08. The Morgan fingerprint density at radius 3 is 2.55 bits per heavy atom. The van der Waals surface area contributed by atoms with Crippen molar-refractivity contribution in [3.05, 3.63) is 0 Å². The average molecular weight is 284 g/mol. The van der Waals surface area contributed by atoms with Crippen LogP contribution in [-0.4, -0.2) is 48.6 Å². The maximum Gasteiger partial charge on any atom is 0.246 e. The Morgan fingerprint density at radius 1 is 1.40 bits per heavy atom. The standard InChI is InChI=1S/C15H28N2O3/c1-6-15(4)14(19)16-12(10-11(2)3)13(18)17(15)8-7-9-20-5/h11-12H,6-10H2,1-5H3,(H,16,19). The van der Waals surface area contributed by atoms with Crippen LogP contribution in [0.4, 0.5) is 0 Å². The minimum absolute atomic E-state index is 0.0392. The summed E-state index contributed by atoms with van der Waals surface area (Å²) in [5, 5.41) is 2.90. The lowest BCUT2D eigenvalue weighted by Crippen LogP contribution is -2.69. The normalized spacial score (nSPS) is 27.1. The molecule has 1 aliphatic heterocycles. The molecular formula is C15H28N2O3. The van der Waals surface area contributed by atoms with Crippen LogP contribution < -0.4 is 5.32 Å². The van der Waals surface area contributed by atoms with Crippen molar-refractivity contribution in [3.63, 3.8) is 0 Å². The van der Waals surface area contributed by atoms with Crippen molar-refractivity contribution < 1.29 is 14.3 Å². The van der Waals surface area contributed by atoms with Gasteiger partial charge in [-0.1, -0.05) is 20.8 Å². The summed E-state index contributed by atoms with van der Waals surface area (Å²) >= 11 is 0. The van der Waals surface area contributed by atoms with Gasteiger partial charge in [0.25, 0.3) is 0 Å². The number of piperazine rings is 1. The lowest BCUT2D eigenvalue weighted by atomic mass is 9.88. The molecule has 0 aromatic heterocycles. The van der Waals surface area contributed by atoms with Gasteiger partial charge in [0.15, 0.2) is 0 Å². The number of amides is 2. The third-order valence-electron chi connectivity index (χ3n) is 4.08. The van der Waals surface area contributed by atoms with Crippen molar-refractivity contribution in [2.24, 2.45) is 5.92 Å². The summed E-state index contributed by atoms with van der Waals surface area (Å²) in [6, 6.07) is -0.385. The molecule has 0 aliphatic carbocycles. The van der Waals surface area contributed by atoms with Gasteiger partial charge in [0.2, 0.25) is 11.8 Å². The molecule has 1 aliphatic rings. The summed E-state index contributed by atoms with van der Waals surface area (Å²) in [5.74, 6) is 0.373. The highest BCUT2D eigenvalue weighted by Crippen LogP contribution is 2.27. The zero-order valence-corrected chi connectivity index (χ0v) is 13.4. The van der Waals surface area contributed by atoms with Gasteiger partial charge in [0.1, 0.15) is 11.6 Å². The van der Waals surface area contributed by atoms with Crippen LogP contribution in [0.15, 0.2) is 0 Å². The van der Waals surface area contributed by atoms with Gasteiger partial charge in [-0.2, -0.15) is 0 Å². The van der Waals surface area contributed by atoms with Gasteiger partial charge in [-0.15, -0.1) is 0 Å². The van der Waals surface area contributed by atoms with E-state index < -0.39 is 5.54 Å². The quantitative estimate of drug-likeness (QED) is 0.722. The fraction of sp³-hybridized carbons (Fsp3) is 0.867. The summed E-state index contributed by atoms with van der Waals surface area (Å²) < 4.78 is 5.05. The van der Waals surface area contributed by atoms with E-state index in [0.29, 0.717) is 31.9 Å². The van der Waals surface area contributed by atoms with Crippen LogP contribution in [-0.2, 0) is 14.3 Å². The Bertz CT molecular complexity index is 357. The maximum absolute atomic E-state index is 12.6. The van der Waals surface area contributed by atoms with E-state index in [4.69, 9.17) is 4.74 Å². The molecule has 1 rings (SSSR count). The number of hydrogen-bond donors (Lipinski definition) is 1. The van der Waals surface area contributed by atoms with E-state index in [1.165, 1.54) is 0 Å². The Hall–Kier alpha value is -1.10. The van der Waals surface area contributed by atoms with Crippen molar-refractivity contribution in [2.75, 3.05) is 20.3 Å². The van der Waals surface area contributed by atoms with Gasteiger partial charge in [0, 0.05) is 20.3 Å². The van der Waals surface area contributed by atoms with Crippen molar-refractivity contribution in [1.82, 2.24) is 10.2 Å². The van der Waals surface area contributed by atoms with Crippen LogP contribution in [0.5, 0.6) is 0 Å². The molecule has 0 spiro atoms. The van der Waals surface area contributed by atoms with Crippen LogP contribution in [0.2, 0.25) is 0 Å². The van der Waals surface area contributed by atoms with Crippen LogP contribution in [0.25, 0.3) is 0 Å². The fourth-order valence-electron chi connectivity index (χ4n) is 2.64. The molecule has 116 valence electrons. The minimum atomic E-state index is -0.738. The molecule has 1 fully saturated rings. The maximum atomic E-state index is 12.6. The largest absolute Gasteiger partial charge is 0.385 e. The smallest absolute Gasteiger partial charge is 0.246 e. The first kappa shape index (κ1) is 17.0. The summed E-state index contributed by atoms with van der Waals surface area (Å²) in [6.07, 6.45) is 2.05. The first-order valence-electron chi connectivity index (χ1n) is 7.48. The van der Waals surface area contributed by atoms with E-state index in [9.17, 15) is 9.59 Å².